The fraction of sp³-hybridized carbons (Fsp3) is 0.900. The Balaban J connectivity index is 2.24. The molecule has 0 heterocycles. The highest BCUT2D eigenvalue weighted by atomic mass is 16.5. The van der Waals surface area contributed by atoms with E-state index in [9.17, 15) is 4.79 Å². The van der Waals surface area contributed by atoms with Crippen LogP contribution in [0.15, 0.2) is 0 Å². The second-order valence-electron chi connectivity index (χ2n) is 3.89. The molecule has 0 bridgehead atoms. The quantitative estimate of drug-likeness (QED) is 0.698. The smallest absolute Gasteiger partial charge is 0.223 e. The molecule has 3 heteroatoms. The number of rotatable bonds is 5. The predicted octanol–water partition coefficient (Wildman–Crippen LogP) is 1.18. The van der Waals surface area contributed by atoms with Crippen LogP contribution in [0.3, 0.4) is 0 Å². The topological polar surface area (TPSA) is 38.3 Å². The van der Waals surface area contributed by atoms with E-state index in [1.165, 1.54) is 0 Å². The van der Waals surface area contributed by atoms with Crippen molar-refractivity contribution in [2.24, 2.45) is 11.8 Å². The molecule has 1 saturated carbocycles. The van der Waals surface area contributed by atoms with Gasteiger partial charge in [0.25, 0.3) is 0 Å². The van der Waals surface area contributed by atoms with Gasteiger partial charge in [0.1, 0.15) is 0 Å². The molecule has 0 aromatic heterocycles. The number of amides is 1. The summed E-state index contributed by atoms with van der Waals surface area (Å²) in [5.41, 5.74) is 0. The van der Waals surface area contributed by atoms with Crippen molar-refractivity contribution >= 4 is 5.91 Å². The lowest BCUT2D eigenvalue weighted by Crippen LogP contribution is -2.38. The SMILES string of the molecule is CCC(COC)NC(=O)C1CC1C. The van der Waals surface area contributed by atoms with Gasteiger partial charge in [0.15, 0.2) is 0 Å². The van der Waals surface area contributed by atoms with Crippen molar-refractivity contribution < 1.29 is 9.53 Å². The molecule has 0 saturated heterocycles. The Morgan fingerprint density at radius 3 is 2.69 bits per heavy atom. The van der Waals surface area contributed by atoms with Crippen molar-refractivity contribution in [1.82, 2.24) is 5.32 Å². The first-order chi connectivity index (χ1) is 6.19. The zero-order valence-corrected chi connectivity index (χ0v) is 8.67. The van der Waals surface area contributed by atoms with Gasteiger partial charge in [-0.1, -0.05) is 13.8 Å². The third kappa shape index (κ3) is 2.99. The number of hydrogen-bond donors (Lipinski definition) is 1. The monoisotopic (exact) mass is 185 g/mol. The molecule has 0 radical (unpaired) electrons. The molecule has 0 spiro atoms. The van der Waals surface area contributed by atoms with Gasteiger partial charge in [-0.25, -0.2) is 0 Å². The van der Waals surface area contributed by atoms with Gasteiger partial charge in [0.05, 0.1) is 12.6 Å². The first-order valence-corrected chi connectivity index (χ1v) is 4.98. The summed E-state index contributed by atoms with van der Waals surface area (Å²) in [7, 11) is 1.66. The Morgan fingerprint density at radius 2 is 2.31 bits per heavy atom. The summed E-state index contributed by atoms with van der Waals surface area (Å²) < 4.78 is 5.01. The molecule has 1 N–H and O–H groups in total. The molecule has 1 aliphatic rings. The number of methoxy groups -OCH3 is 1. The van der Waals surface area contributed by atoms with Crippen LogP contribution in [0.2, 0.25) is 0 Å². The van der Waals surface area contributed by atoms with Crippen LogP contribution in [0, 0.1) is 11.8 Å². The molecular weight excluding hydrogens is 166 g/mol. The summed E-state index contributed by atoms with van der Waals surface area (Å²) in [6, 6.07) is 0.185. The highest BCUT2D eigenvalue weighted by Gasteiger charge is 2.39. The minimum absolute atomic E-state index is 0.185. The summed E-state index contributed by atoms with van der Waals surface area (Å²) in [4.78, 5) is 11.5. The van der Waals surface area contributed by atoms with Crippen LogP contribution in [0.1, 0.15) is 26.7 Å². The lowest BCUT2D eigenvalue weighted by Gasteiger charge is -2.15. The summed E-state index contributed by atoms with van der Waals surface area (Å²) in [5.74, 6) is 1.06. The molecule has 3 nitrogen and oxygen atoms in total. The second kappa shape index (κ2) is 4.61. The van der Waals surface area contributed by atoms with E-state index in [1.54, 1.807) is 7.11 Å². The molecule has 1 amide bonds. The van der Waals surface area contributed by atoms with Crippen LogP contribution in [0.5, 0.6) is 0 Å². The summed E-state index contributed by atoms with van der Waals surface area (Å²) in [5, 5.41) is 3.00. The Labute approximate surface area is 79.8 Å². The van der Waals surface area contributed by atoms with Gasteiger partial charge in [-0.05, 0) is 18.8 Å². The van der Waals surface area contributed by atoms with Crippen molar-refractivity contribution in [3.8, 4) is 0 Å². The molecule has 0 aromatic carbocycles. The van der Waals surface area contributed by atoms with E-state index < -0.39 is 0 Å². The van der Waals surface area contributed by atoms with E-state index in [2.05, 4.69) is 19.2 Å². The standard InChI is InChI=1S/C10H19NO2/c1-4-8(6-13-3)11-10(12)9-5-7(9)2/h7-9H,4-6H2,1-3H3,(H,11,12). The Kier molecular flexibility index (Phi) is 3.72. The molecule has 1 rings (SSSR count). The first-order valence-electron chi connectivity index (χ1n) is 4.98. The number of hydrogen-bond acceptors (Lipinski definition) is 2. The molecular formula is C10H19NO2. The highest BCUT2D eigenvalue weighted by Crippen LogP contribution is 2.37. The number of nitrogens with one attached hydrogen (secondary N) is 1. The van der Waals surface area contributed by atoms with Crippen LogP contribution < -0.4 is 5.32 Å². The van der Waals surface area contributed by atoms with E-state index in [-0.39, 0.29) is 17.9 Å². The molecule has 3 unspecified atom stereocenters. The maximum atomic E-state index is 11.5. The van der Waals surface area contributed by atoms with Gasteiger partial charge in [-0.2, -0.15) is 0 Å². The Hall–Kier alpha value is -0.570. The average molecular weight is 185 g/mol. The molecule has 0 aliphatic heterocycles. The van der Waals surface area contributed by atoms with E-state index >= 15 is 0 Å². The van der Waals surface area contributed by atoms with E-state index in [0.717, 1.165) is 12.8 Å². The van der Waals surface area contributed by atoms with Gasteiger partial charge in [0, 0.05) is 13.0 Å². The lowest BCUT2D eigenvalue weighted by molar-refractivity contribution is -0.123. The van der Waals surface area contributed by atoms with Crippen molar-refractivity contribution in [1.29, 1.82) is 0 Å². The second-order valence-corrected chi connectivity index (χ2v) is 3.89. The highest BCUT2D eigenvalue weighted by molar-refractivity contribution is 5.81. The van der Waals surface area contributed by atoms with E-state index in [1.807, 2.05) is 0 Å². The number of carbonyl (C=O) groups is 1. The number of carbonyl (C=O) groups excluding carboxylic acids is 1. The van der Waals surface area contributed by atoms with Crippen LogP contribution >= 0.6 is 0 Å². The summed E-state index contributed by atoms with van der Waals surface area (Å²) in [6.45, 7) is 4.78. The molecule has 1 fully saturated rings. The van der Waals surface area contributed by atoms with E-state index in [0.29, 0.717) is 12.5 Å². The molecule has 0 aromatic rings. The van der Waals surface area contributed by atoms with Crippen molar-refractivity contribution in [3.63, 3.8) is 0 Å². The first kappa shape index (κ1) is 10.5. The largest absolute Gasteiger partial charge is 0.383 e. The number of ether oxygens (including phenoxy) is 1. The van der Waals surface area contributed by atoms with Crippen molar-refractivity contribution in [3.05, 3.63) is 0 Å². The van der Waals surface area contributed by atoms with Crippen LogP contribution in [-0.2, 0) is 9.53 Å². The van der Waals surface area contributed by atoms with Gasteiger partial charge in [-0.15, -0.1) is 0 Å². The fourth-order valence-corrected chi connectivity index (χ4v) is 1.46. The molecule has 3 atom stereocenters. The normalized spacial score (nSPS) is 28.2. The van der Waals surface area contributed by atoms with Gasteiger partial charge in [-0.3, -0.25) is 4.79 Å². The summed E-state index contributed by atoms with van der Waals surface area (Å²) >= 11 is 0. The third-order valence-corrected chi connectivity index (χ3v) is 2.65. The maximum Gasteiger partial charge on any atom is 0.223 e. The lowest BCUT2D eigenvalue weighted by atomic mass is 10.2. The van der Waals surface area contributed by atoms with Crippen LogP contribution in [-0.4, -0.2) is 25.7 Å². The molecule has 1 aliphatic carbocycles. The maximum absolute atomic E-state index is 11.5. The van der Waals surface area contributed by atoms with Crippen molar-refractivity contribution in [2.45, 2.75) is 32.7 Å². The summed E-state index contributed by atoms with van der Waals surface area (Å²) in [6.07, 6.45) is 1.98. The van der Waals surface area contributed by atoms with E-state index in [4.69, 9.17) is 4.74 Å². The van der Waals surface area contributed by atoms with Crippen molar-refractivity contribution in [2.75, 3.05) is 13.7 Å². The zero-order chi connectivity index (χ0) is 9.84. The minimum atomic E-state index is 0.185. The van der Waals surface area contributed by atoms with Crippen LogP contribution in [0.4, 0.5) is 0 Å². The minimum Gasteiger partial charge on any atom is -0.383 e. The Bertz CT molecular complexity index is 182. The molecule has 13 heavy (non-hydrogen) atoms. The Morgan fingerprint density at radius 1 is 1.69 bits per heavy atom. The fourth-order valence-electron chi connectivity index (χ4n) is 1.46. The average Bonchev–Trinajstić information content (AvgIpc) is 2.82. The predicted molar refractivity (Wildman–Crippen MR) is 51.4 cm³/mol. The zero-order valence-electron chi connectivity index (χ0n) is 8.67. The molecule has 76 valence electrons. The third-order valence-electron chi connectivity index (χ3n) is 2.65. The van der Waals surface area contributed by atoms with Gasteiger partial charge >= 0.3 is 0 Å². The van der Waals surface area contributed by atoms with Gasteiger partial charge in [0.2, 0.25) is 5.91 Å². The van der Waals surface area contributed by atoms with Gasteiger partial charge < -0.3 is 10.1 Å². The van der Waals surface area contributed by atoms with Crippen LogP contribution in [0.25, 0.3) is 0 Å².